The third kappa shape index (κ3) is 10.7. The highest BCUT2D eigenvalue weighted by molar-refractivity contribution is 7.80. The number of hydrogen-bond acceptors (Lipinski definition) is 17. The first-order chi connectivity index (χ1) is 29.0. The van der Waals surface area contributed by atoms with Crippen LogP contribution in [-0.4, -0.2) is 146 Å². The van der Waals surface area contributed by atoms with Crippen molar-refractivity contribution in [2.75, 3.05) is 82.6 Å². The molecular formula is C38H48N5O14PS3-2. The van der Waals surface area contributed by atoms with Gasteiger partial charge < -0.3 is 58.0 Å². The molecule has 23 heteroatoms. The summed E-state index contributed by atoms with van der Waals surface area (Å²) in [5, 5.41) is 6.04. The highest BCUT2D eigenvalue weighted by Gasteiger charge is 2.43. The summed E-state index contributed by atoms with van der Waals surface area (Å²) in [6.45, 7) is 8.11. The zero-order chi connectivity index (χ0) is 44.2. The molecule has 0 aromatic heterocycles. The van der Waals surface area contributed by atoms with Crippen LogP contribution in [0.5, 0.6) is 23.0 Å². The molecule has 0 bridgehead atoms. The van der Waals surface area contributed by atoms with Crippen molar-refractivity contribution in [1.29, 1.82) is 0 Å². The minimum absolute atomic E-state index is 0.0305. The van der Waals surface area contributed by atoms with E-state index in [9.17, 15) is 36.5 Å². The van der Waals surface area contributed by atoms with E-state index in [1.807, 2.05) is 0 Å². The molecule has 0 aliphatic carbocycles. The summed E-state index contributed by atoms with van der Waals surface area (Å²) in [7, 11) is 1.01. The molecule has 7 atom stereocenters. The van der Waals surface area contributed by atoms with Gasteiger partial charge in [-0.2, -0.15) is 12.6 Å². The number of nitrogens with zero attached hydrogens (tertiary/aromatic N) is 3. The van der Waals surface area contributed by atoms with Crippen LogP contribution < -0.4 is 29.6 Å². The number of benzene rings is 2. The van der Waals surface area contributed by atoms with E-state index in [4.69, 9.17) is 27.3 Å². The van der Waals surface area contributed by atoms with Crippen LogP contribution in [0.3, 0.4) is 0 Å². The fourth-order valence-electron chi connectivity index (χ4n) is 7.84. The highest BCUT2D eigenvalue weighted by Crippen LogP contribution is 2.47. The molecule has 0 spiro atoms. The van der Waals surface area contributed by atoms with Crippen molar-refractivity contribution in [3.63, 3.8) is 0 Å². The monoisotopic (exact) mass is 925 g/mol. The molecule has 3 amide bonds. The molecule has 0 saturated carbocycles. The summed E-state index contributed by atoms with van der Waals surface area (Å²) in [6.07, 6.45) is -1.03. The number of fused-ring (bicyclic) bond motifs is 4. The van der Waals surface area contributed by atoms with E-state index < -0.39 is 54.4 Å². The Kier molecular flexibility index (Phi) is 15.1. The third-order valence-electron chi connectivity index (χ3n) is 10.8. The average Bonchev–Trinajstić information content (AvgIpc) is 3.76. The van der Waals surface area contributed by atoms with Gasteiger partial charge in [-0.15, -0.1) is 0 Å². The highest BCUT2D eigenvalue weighted by atomic mass is 32.2. The van der Waals surface area contributed by atoms with Crippen molar-refractivity contribution < 1.29 is 63.8 Å². The topological polar surface area (TPSA) is 238 Å². The Hall–Kier alpha value is -4.15. The molecular weight excluding hydrogens is 878 g/mol. The maximum atomic E-state index is 14.8. The molecule has 334 valence electrons. The van der Waals surface area contributed by atoms with E-state index in [1.165, 1.54) is 53.2 Å². The number of nitrogens with one attached hydrogen (secondary N) is 2. The Morgan fingerprint density at radius 1 is 0.836 bits per heavy atom. The first-order valence-corrected chi connectivity index (χ1v) is 24.1. The molecule has 5 unspecified atom stereocenters. The Bertz CT molecular complexity index is 2030. The zero-order valence-corrected chi connectivity index (χ0v) is 37.2. The molecule has 2 aromatic carbocycles. The fourth-order valence-corrected chi connectivity index (χ4v) is 11.0. The Morgan fingerprint density at radius 3 is 1.67 bits per heavy atom. The second-order valence-electron chi connectivity index (χ2n) is 15.0. The first kappa shape index (κ1) is 46.4. The van der Waals surface area contributed by atoms with Crippen molar-refractivity contribution in [3.05, 3.63) is 59.7 Å². The summed E-state index contributed by atoms with van der Waals surface area (Å²) in [5.41, 5.74) is 2.33. The van der Waals surface area contributed by atoms with Crippen LogP contribution >= 0.6 is 19.8 Å². The molecule has 2 saturated heterocycles. The van der Waals surface area contributed by atoms with E-state index in [1.54, 1.807) is 7.05 Å². The maximum Gasteiger partial charge on any atom is 0.256 e. The molecule has 19 nitrogen and oxygen atoms in total. The van der Waals surface area contributed by atoms with Gasteiger partial charge in [0.25, 0.3) is 11.8 Å². The van der Waals surface area contributed by atoms with Crippen LogP contribution in [0.25, 0.3) is 0 Å². The SMILES string of the molecule is C=C1C[C@@H]2C(OS(=O)[O-])Nc3cc(OCCP(=O)(CCOc4cc5c(cc4OC)C(=O)N4CC(=C)C[C@H]4C(OS(=O)[O-])N5)CN(C)C(=O)CCCS)c(OC)cc3C(=O)N2C1. The van der Waals surface area contributed by atoms with Crippen LogP contribution in [0.4, 0.5) is 11.4 Å². The van der Waals surface area contributed by atoms with Gasteiger partial charge in [-0.25, -0.2) is 8.42 Å². The number of carbonyl (C=O) groups excluding carboxylic acids is 3. The zero-order valence-electron chi connectivity index (χ0n) is 33.8. The number of rotatable bonds is 19. The number of methoxy groups -OCH3 is 2. The van der Waals surface area contributed by atoms with Gasteiger partial charge in [-0.05, 0) is 37.1 Å². The van der Waals surface area contributed by atoms with Gasteiger partial charge >= 0.3 is 0 Å². The second kappa shape index (κ2) is 19.9. The molecule has 6 rings (SSSR count). The Labute approximate surface area is 364 Å². The average molecular weight is 926 g/mol. The quantitative estimate of drug-likeness (QED) is 0.0793. The van der Waals surface area contributed by atoms with Gasteiger partial charge in [0.15, 0.2) is 35.5 Å². The predicted octanol–water partition coefficient (Wildman–Crippen LogP) is 3.32. The largest absolute Gasteiger partial charge is 0.750 e. The van der Waals surface area contributed by atoms with Crippen molar-refractivity contribution >= 4 is 71.6 Å². The number of ether oxygens (including phenoxy) is 4. The number of hydrogen-bond donors (Lipinski definition) is 3. The lowest BCUT2D eigenvalue weighted by atomic mass is 10.1. The minimum Gasteiger partial charge on any atom is -0.750 e. The summed E-state index contributed by atoms with van der Waals surface area (Å²) >= 11 is -1.61. The summed E-state index contributed by atoms with van der Waals surface area (Å²) in [4.78, 5) is 44.7. The predicted molar refractivity (Wildman–Crippen MR) is 227 cm³/mol. The van der Waals surface area contributed by atoms with Gasteiger partial charge in [0.05, 0.1) is 91.0 Å². The van der Waals surface area contributed by atoms with Crippen molar-refractivity contribution in [1.82, 2.24) is 14.7 Å². The molecule has 2 aromatic rings. The fraction of sp³-hybridized carbons (Fsp3) is 0.500. The van der Waals surface area contributed by atoms with Gasteiger partial charge in [-0.3, -0.25) is 22.7 Å². The Morgan fingerprint density at radius 2 is 1.28 bits per heavy atom. The summed E-state index contributed by atoms with van der Waals surface area (Å²) in [6, 6.07) is 4.63. The van der Waals surface area contributed by atoms with E-state index in [-0.39, 0.29) is 115 Å². The molecule has 61 heavy (non-hydrogen) atoms. The van der Waals surface area contributed by atoms with Crippen molar-refractivity contribution in [2.45, 2.75) is 50.2 Å². The number of thiol groups is 1. The minimum atomic E-state index is -3.34. The maximum absolute atomic E-state index is 14.8. The summed E-state index contributed by atoms with van der Waals surface area (Å²) < 4.78 is 95.0. The molecule has 2 N–H and O–H groups in total. The molecule has 2 fully saturated rings. The lowest BCUT2D eigenvalue weighted by Gasteiger charge is -2.28. The lowest BCUT2D eigenvalue weighted by molar-refractivity contribution is -0.129. The first-order valence-electron chi connectivity index (χ1n) is 19.2. The van der Waals surface area contributed by atoms with Crippen LogP contribution in [-0.2, 0) is 40.4 Å². The molecule has 0 radical (unpaired) electrons. The number of carbonyl (C=O) groups is 3. The number of anilines is 2. The van der Waals surface area contributed by atoms with Crippen molar-refractivity contribution in [2.24, 2.45) is 0 Å². The number of amides is 3. The van der Waals surface area contributed by atoms with E-state index in [0.29, 0.717) is 25.0 Å². The van der Waals surface area contributed by atoms with Gasteiger partial charge in [0, 0.05) is 51.0 Å². The van der Waals surface area contributed by atoms with Crippen LogP contribution in [0.2, 0.25) is 0 Å². The Balaban J connectivity index is 1.21. The smallest absolute Gasteiger partial charge is 0.256 e. The lowest BCUT2D eigenvalue weighted by Crippen LogP contribution is -2.45. The molecule has 4 heterocycles. The van der Waals surface area contributed by atoms with E-state index >= 15 is 0 Å². The normalized spacial score (nSPS) is 22.6. The van der Waals surface area contributed by atoms with Crippen molar-refractivity contribution in [3.8, 4) is 23.0 Å². The second-order valence-corrected chi connectivity index (χ2v) is 19.9. The van der Waals surface area contributed by atoms with Crippen LogP contribution in [0.1, 0.15) is 46.4 Å². The third-order valence-corrected chi connectivity index (χ3v) is 14.8. The molecule has 4 aliphatic rings. The van der Waals surface area contributed by atoms with Crippen LogP contribution in [0.15, 0.2) is 48.6 Å². The standard InChI is InChI=1S/C38H50N5O14PS3/c1-22-13-28-35(56-60(48)49)39-26-17-32(30(52-4)15-24(26)37(45)42(28)19-22)54-8-10-58(47,21-41(3)34(44)7-6-12-59)11-9-55-33-18-27-25(16-31(33)53-5)38(46)43-20-23(2)14-29(43)36(40-27)57-61(50)51/h15-18,28-29,35-36,39-40,59H,1-2,6-14,19-21H2,3-5H3,(H,48,49)(H,50,51)/p-2/t28-,29+,35?,36?,58?. The molecule has 4 aliphatic heterocycles. The van der Waals surface area contributed by atoms with Crippen LogP contribution in [0, 0.1) is 0 Å². The van der Waals surface area contributed by atoms with E-state index in [2.05, 4.69) is 36.4 Å². The van der Waals surface area contributed by atoms with Gasteiger partial charge in [-0.1, -0.05) is 24.3 Å². The van der Waals surface area contributed by atoms with Gasteiger partial charge in [0.2, 0.25) is 5.91 Å². The van der Waals surface area contributed by atoms with E-state index in [0.717, 1.165) is 11.1 Å². The van der Waals surface area contributed by atoms with Gasteiger partial charge in [0.1, 0.15) is 7.14 Å². The summed E-state index contributed by atoms with van der Waals surface area (Å²) in [5.74, 6) is 0.213.